The van der Waals surface area contributed by atoms with Crippen molar-refractivity contribution in [2.75, 3.05) is 0 Å². The van der Waals surface area contributed by atoms with Gasteiger partial charge in [0, 0.05) is 31.2 Å². The number of aromatic nitrogens is 3. The smallest absolute Gasteiger partial charge is 0.134 e. The van der Waals surface area contributed by atoms with Crippen molar-refractivity contribution in [1.82, 2.24) is 14.8 Å². The van der Waals surface area contributed by atoms with Gasteiger partial charge in [-0.25, -0.2) is 0 Å². The SMILES string of the molecule is CCCCCCc1cc(C)c(-n2c(-c3[c-]cccc3)nnc2C(C)(C)CC)c(C)c1.[Ir]. The molecule has 1 aromatic heterocycles. The molecule has 0 saturated carbocycles. The Balaban J connectivity index is 0.00000341. The van der Waals surface area contributed by atoms with Gasteiger partial charge in [-0.05, 0) is 49.8 Å². The van der Waals surface area contributed by atoms with Crippen LogP contribution in [0.3, 0.4) is 0 Å². The average Bonchev–Trinajstić information content (AvgIpc) is 3.17. The van der Waals surface area contributed by atoms with E-state index in [1.54, 1.807) is 0 Å². The predicted molar refractivity (Wildman–Crippen MR) is 126 cm³/mol. The van der Waals surface area contributed by atoms with Crippen molar-refractivity contribution in [1.29, 1.82) is 0 Å². The van der Waals surface area contributed by atoms with Gasteiger partial charge in [-0.2, -0.15) is 5.10 Å². The standard InChI is InChI=1S/C27H36N3.Ir/c1-7-9-10-12-15-22-18-20(3)24(21(4)19-22)30-25(23-16-13-11-14-17-23)28-29-26(30)27(5,6)8-2;/h11,13-14,16,18-19H,7-10,12,15H2,1-6H3;/q-1;. The number of nitrogens with zero attached hydrogens (tertiary/aromatic N) is 3. The van der Waals surface area contributed by atoms with Gasteiger partial charge in [-0.3, -0.25) is 0 Å². The van der Waals surface area contributed by atoms with Crippen LogP contribution in [0.25, 0.3) is 17.1 Å². The zero-order valence-electron chi connectivity index (χ0n) is 19.9. The molecular formula is C27H36IrN3-. The molecule has 3 rings (SSSR count). The van der Waals surface area contributed by atoms with E-state index in [1.807, 2.05) is 18.2 Å². The normalized spacial score (nSPS) is 11.4. The summed E-state index contributed by atoms with van der Waals surface area (Å²) in [5.74, 6) is 1.88. The van der Waals surface area contributed by atoms with Crippen LogP contribution < -0.4 is 0 Å². The molecule has 1 heterocycles. The summed E-state index contributed by atoms with van der Waals surface area (Å²) < 4.78 is 2.28. The van der Waals surface area contributed by atoms with Gasteiger partial charge in [0.1, 0.15) is 5.82 Å². The van der Waals surface area contributed by atoms with E-state index in [2.05, 4.69) is 80.6 Å². The van der Waals surface area contributed by atoms with E-state index in [1.165, 1.54) is 48.1 Å². The Kier molecular flexibility index (Phi) is 9.21. The Hall–Kier alpha value is -1.77. The van der Waals surface area contributed by atoms with Gasteiger partial charge < -0.3 is 4.57 Å². The molecule has 3 nitrogen and oxygen atoms in total. The molecule has 3 aromatic rings. The van der Waals surface area contributed by atoms with Gasteiger partial charge in [0.2, 0.25) is 0 Å². The van der Waals surface area contributed by atoms with Crippen LogP contribution in [-0.4, -0.2) is 14.8 Å². The molecule has 1 radical (unpaired) electrons. The topological polar surface area (TPSA) is 30.7 Å². The van der Waals surface area contributed by atoms with Crippen molar-refractivity contribution >= 4 is 0 Å². The summed E-state index contributed by atoms with van der Waals surface area (Å²) in [4.78, 5) is 0. The molecule has 0 aliphatic rings. The van der Waals surface area contributed by atoms with Gasteiger partial charge in [0.05, 0.1) is 5.82 Å². The fraction of sp³-hybridized carbons (Fsp3) is 0.481. The van der Waals surface area contributed by atoms with Crippen molar-refractivity contribution in [2.24, 2.45) is 0 Å². The molecule has 0 amide bonds. The summed E-state index contributed by atoms with van der Waals surface area (Å²) in [5, 5.41) is 9.31. The monoisotopic (exact) mass is 595 g/mol. The molecule has 169 valence electrons. The number of hydrogen-bond donors (Lipinski definition) is 0. The predicted octanol–water partition coefficient (Wildman–Crippen LogP) is 7.16. The number of rotatable bonds is 9. The van der Waals surface area contributed by atoms with E-state index in [4.69, 9.17) is 0 Å². The fourth-order valence-electron chi connectivity index (χ4n) is 4.10. The summed E-state index contributed by atoms with van der Waals surface area (Å²) in [6.07, 6.45) is 7.32. The third-order valence-electron chi connectivity index (χ3n) is 6.20. The Morgan fingerprint density at radius 2 is 1.68 bits per heavy atom. The average molecular weight is 595 g/mol. The van der Waals surface area contributed by atoms with E-state index in [0.29, 0.717) is 0 Å². The van der Waals surface area contributed by atoms with E-state index in [-0.39, 0.29) is 25.5 Å². The van der Waals surface area contributed by atoms with E-state index in [9.17, 15) is 0 Å². The molecule has 4 heteroatoms. The van der Waals surface area contributed by atoms with Crippen LogP contribution >= 0.6 is 0 Å². The van der Waals surface area contributed by atoms with Gasteiger partial charge in [0.15, 0.2) is 0 Å². The maximum atomic E-state index is 4.68. The van der Waals surface area contributed by atoms with Crippen molar-refractivity contribution < 1.29 is 20.1 Å². The van der Waals surface area contributed by atoms with E-state index < -0.39 is 0 Å². The molecule has 31 heavy (non-hydrogen) atoms. The van der Waals surface area contributed by atoms with Crippen LogP contribution in [0.2, 0.25) is 0 Å². The number of unbranched alkanes of at least 4 members (excludes halogenated alkanes) is 3. The Morgan fingerprint density at radius 1 is 0.968 bits per heavy atom. The van der Waals surface area contributed by atoms with Crippen LogP contribution in [0, 0.1) is 19.9 Å². The number of benzene rings is 2. The molecule has 0 unspecified atom stereocenters. The molecule has 2 aromatic carbocycles. The van der Waals surface area contributed by atoms with Crippen molar-refractivity contribution in [3.05, 3.63) is 65.0 Å². The summed E-state index contributed by atoms with van der Waals surface area (Å²) >= 11 is 0. The second-order valence-corrected chi connectivity index (χ2v) is 9.09. The largest absolute Gasteiger partial charge is 0.319 e. The first-order chi connectivity index (χ1) is 14.4. The minimum Gasteiger partial charge on any atom is -0.319 e. The second kappa shape index (κ2) is 11.2. The minimum atomic E-state index is -0.0717. The molecule has 0 bridgehead atoms. The van der Waals surface area contributed by atoms with Crippen LogP contribution in [0.1, 0.15) is 82.3 Å². The van der Waals surface area contributed by atoms with Crippen molar-refractivity contribution in [2.45, 2.75) is 85.5 Å². The molecule has 0 atom stereocenters. The van der Waals surface area contributed by atoms with E-state index >= 15 is 0 Å². The molecule has 0 aliphatic heterocycles. The van der Waals surface area contributed by atoms with Gasteiger partial charge >= 0.3 is 0 Å². The van der Waals surface area contributed by atoms with Crippen molar-refractivity contribution in [3.8, 4) is 17.1 Å². The zero-order chi connectivity index (χ0) is 21.7. The number of aryl methyl sites for hydroxylation is 3. The van der Waals surface area contributed by atoms with Gasteiger partial charge in [-0.15, -0.1) is 41.0 Å². The summed E-state index contributed by atoms with van der Waals surface area (Å²) in [7, 11) is 0. The third-order valence-corrected chi connectivity index (χ3v) is 6.20. The Labute approximate surface area is 202 Å². The zero-order valence-corrected chi connectivity index (χ0v) is 22.3. The van der Waals surface area contributed by atoms with Crippen LogP contribution in [0.4, 0.5) is 0 Å². The van der Waals surface area contributed by atoms with Gasteiger partial charge in [-0.1, -0.05) is 59.1 Å². The molecule has 0 saturated heterocycles. The fourth-order valence-corrected chi connectivity index (χ4v) is 4.10. The third kappa shape index (κ3) is 5.73. The molecule has 0 spiro atoms. The van der Waals surface area contributed by atoms with Crippen LogP contribution in [0.5, 0.6) is 0 Å². The Bertz CT molecular complexity index is 950. The first kappa shape index (κ1) is 25.5. The quantitative estimate of drug-likeness (QED) is 0.194. The van der Waals surface area contributed by atoms with E-state index in [0.717, 1.165) is 30.1 Å². The molecule has 0 fully saturated rings. The summed E-state index contributed by atoms with van der Waals surface area (Å²) in [6.45, 7) is 13.4. The molecule has 0 N–H and O–H groups in total. The van der Waals surface area contributed by atoms with Crippen molar-refractivity contribution in [3.63, 3.8) is 0 Å². The summed E-state index contributed by atoms with van der Waals surface area (Å²) in [6, 6.07) is 16.1. The minimum absolute atomic E-state index is 0. The first-order valence-electron chi connectivity index (χ1n) is 11.4. The van der Waals surface area contributed by atoms with Crippen LogP contribution in [-0.2, 0) is 31.9 Å². The molecular weight excluding hydrogens is 559 g/mol. The summed E-state index contributed by atoms with van der Waals surface area (Å²) in [5.41, 5.74) is 6.11. The maximum Gasteiger partial charge on any atom is 0.134 e. The second-order valence-electron chi connectivity index (χ2n) is 9.09. The maximum absolute atomic E-state index is 4.68. The van der Waals surface area contributed by atoms with Gasteiger partial charge in [0.25, 0.3) is 0 Å². The van der Waals surface area contributed by atoms with Crippen LogP contribution in [0.15, 0.2) is 36.4 Å². The number of hydrogen-bond acceptors (Lipinski definition) is 2. The Morgan fingerprint density at radius 3 is 2.26 bits per heavy atom. The first-order valence-corrected chi connectivity index (χ1v) is 11.4. The molecule has 0 aliphatic carbocycles.